The normalized spacial score (nSPS) is 16.5. The van der Waals surface area contributed by atoms with Crippen molar-refractivity contribution in [2.45, 2.75) is 157 Å². The molecule has 5 fully saturated rings. The molecule has 0 aromatic carbocycles. The number of ether oxygens (including phenoxy) is 4. The highest BCUT2D eigenvalue weighted by molar-refractivity contribution is 9.10. The maximum absolute atomic E-state index is 11.8. The summed E-state index contributed by atoms with van der Waals surface area (Å²) in [5.41, 5.74) is 1.31. The summed E-state index contributed by atoms with van der Waals surface area (Å²) in [7, 11) is 0. The summed E-state index contributed by atoms with van der Waals surface area (Å²) in [6.07, 6.45) is 12.9. The first-order chi connectivity index (χ1) is 40.5. The van der Waals surface area contributed by atoms with Crippen LogP contribution in [0.2, 0.25) is 0 Å². The zero-order valence-corrected chi connectivity index (χ0v) is 54.6. The fourth-order valence-electron chi connectivity index (χ4n) is 8.86. The van der Waals surface area contributed by atoms with E-state index in [1.165, 1.54) is 25.2 Å². The molecule has 5 aliphatic rings. The molecule has 21 heteroatoms. The van der Waals surface area contributed by atoms with Gasteiger partial charge in [0.05, 0.1) is 11.8 Å². The van der Waals surface area contributed by atoms with Gasteiger partial charge in [0.2, 0.25) is 0 Å². The average molecular weight is 1260 g/mol. The number of pyridine rings is 4. The second kappa shape index (κ2) is 35.5. The van der Waals surface area contributed by atoms with Crippen molar-refractivity contribution in [3.8, 4) is 0 Å². The van der Waals surface area contributed by atoms with Gasteiger partial charge in [-0.25, -0.2) is 24.2 Å². The van der Waals surface area contributed by atoms with E-state index < -0.39 is 28.5 Å². The fraction of sp³-hybridized carbons (Fsp3) is 0.615. The molecule has 0 saturated carbocycles. The lowest BCUT2D eigenvalue weighted by atomic mass is 9.92. The molecule has 1 atom stereocenters. The van der Waals surface area contributed by atoms with Crippen molar-refractivity contribution in [1.29, 1.82) is 0 Å². The second-order valence-corrected chi connectivity index (χ2v) is 27.1. The van der Waals surface area contributed by atoms with E-state index in [4.69, 9.17) is 24.1 Å². The van der Waals surface area contributed by atoms with Crippen LogP contribution in [0, 0.1) is 29.6 Å². The topological polar surface area (TPSA) is 239 Å². The van der Waals surface area contributed by atoms with Gasteiger partial charge in [0.1, 0.15) is 33.3 Å². The Bertz CT molecular complexity index is 2580. The van der Waals surface area contributed by atoms with Crippen molar-refractivity contribution >= 4 is 46.6 Å². The van der Waals surface area contributed by atoms with E-state index in [0.717, 1.165) is 74.4 Å². The monoisotopic (exact) mass is 1260 g/mol. The van der Waals surface area contributed by atoms with Gasteiger partial charge in [-0.2, -0.15) is 0 Å². The summed E-state index contributed by atoms with van der Waals surface area (Å²) in [6.45, 7) is 30.6. The number of aldehydes is 1. The largest absolute Gasteiger partial charge is 0.444 e. The lowest BCUT2D eigenvalue weighted by Crippen LogP contribution is -2.51. The standard InChI is InChI=1S/C15H22N2O3.C15H22N2O2.C10H14N2.C10H19NO3.C10H17NO3.C5H4BrN/c1-15(2,3)20-14(19)17-9-11(10-17)8-13(18)12-6-4-5-7-16-12;1-15(2,3)19-14(18)17-10-12(11-17)7-8-13-6-4-5-9-16-13;1-2-6-12-10(3-1)5-4-9-7-11-8-9;2*1-10(2,3)14-9(13)11-6-8(7-11)4-5-12;6-5-3-1-2-4-7-5/h4-7,11,13,18H,8-10H2,1-3H3;4-6,9,12H,7-8,10-11H2,1-3H3;1-3,6,9,11H,4-5,7-8H2;8,12H,4-7H2,1-3H3;5,8H,4,6-7H2,1-3H3;1-4H. The number of rotatable bonds is 13. The summed E-state index contributed by atoms with van der Waals surface area (Å²) in [5.74, 6) is 2.56. The molecule has 86 heavy (non-hydrogen) atoms. The first-order valence-electron chi connectivity index (χ1n) is 30.1. The third-order valence-corrected chi connectivity index (χ3v) is 14.0. The third-order valence-electron chi connectivity index (χ3n) is 13.6. The summed E-state index contributed by atoms with van der Waals surface area (Å²) >= 11 is 3.20. The maximum Gasteiger partial charge on any atom is 0.410 e. The molecule has 4 amide bonds. The summed E-state index contributed by atoms with van der Waals surface area (Å²) in [5, 5.41) is 22.0. The molecule has 3 N–H and O–H groups in total. The SMILES string of the molecule is Brc1ccccn1.CC(C)(C)OC(=O)N1CC(CC(O)c2ccccn2)C1.CC(C)(C)OC(=O)N1CC(CC=O)C1.CC(C)(C)OC(=O)N1CC(CCO)C1.CC(C)(C)OC(=O)N1CC(CCc2ccccn2)C1.c1ccc(CCC2CNC2)nc1. The van der Waals surface area contributed by atoms with Gasteiger partial charge in [0.15, 0.2) is 0 Å². The second-order valence-electron chi connectivity index (χ2n) is 26.3. The van der Waals surface area contributed by atoms with Crippen LogP contribution in [-0.4, -0.2) is 175 Å². The molecule has 0 radical (unpaired) electrons. The number of nitrogens with zero attached hydrogens (tertiary/aromatic N) is 8. The number of aromatic nitrogens is 4. The minimum Gasteiger partial charge on any atom is -0.444 e. The quantitative estimate of drug-likeness (QED) is 0.0641. The number of carbonyl (C=O) groups is 5. The number of hydrogen-bond donors (Lipinski definition) is 3. The zero-order valence-electron chi connectivity index (χ0n) is 53.0. The van der Waals surface area contributed by atoms with Crippen LogP contribution >= 0.6 is 15.9 Å². The number of amides is 4. The van der Waals surface area contributed by atoms with Gasteiger partial charge in [0.25, 0.3) is 0 Å². The number of aliphatic hydroxyl groups excluding tert-OH is 2. The van der Waals surface area contributed by atoms with E-state index in [2.05, 4.69) is 53.3 Å². The van der Waals surface area contributed by atoms with Gasteiger partial charge in [-0.1, -0.05) is 24.3 Å². The smallest absolute Gasteiger partial charge is 0.410 e. The maximum atomic E-state index is 11.8. The molecule has 0 aliphatic carbocycles. The van der Waals surface area contributed by atoms with E-state index in [9.17, 15) is 29.1 Å². The van der Waals surface area contributed by atoms with Crippen LogP contribution in [-0.2, 0) is 36.6 Å². The van der Waals surface area contributed by atoms with Crippen molar-refractivity contribution in [3.63, 3.8) is 0 Å². The van der Waals surface area contributed by atoms with Crippen LogP contribution in [0.5, 0.6) is 0 Å². The van der Waals surface area contributed by atoms with Crippen molar-refractivity contribution in [3.05, 3.63) is 119 Å². The molecule has 5 aliphatic heterocycles. The number of hydrogen-bond acceptors (Lipinski definition) is 16. The van der Waals surface area contributed by atoms with Gasteiger partial charge in [-0.05, 0) is 223 Å². The lowest BCUT2D eigenvalue weighted by Gasteiger charge is -2.40. The molecule has 0 spiro atoms. The van der Waals surface area contributed by atoms with Crippen molar-refractivity contribution < 1.29 is 53.1 Å². The minimum absolute atomic E-state index is 0.193. The molecular formula is C65H98BrN9O11. The minimum atomic E-state index is -0.568. The summed E-state index contributed by atoms with van der Waals surface area (Å²) in [6, 6.07) is 23.3. The molecule has 5 saturated heterocycles. The number of halogens is 1. The Morgan fingerprint density at radius 2 is 0.884 bits per heavy atom. The number of aliphatic hydroxyl groups is 2. The number of nitrogens with one attached hydrogen (secondary N) is 1. The fourth-order valence-corrected chi connectivity index (χ4v) is 9.13. The Kier molecular flexibility index (Phi) is 29.8. The highest BCUT2D eigenvalue weighted by Gasteiger charge is 2.37. The number of aryl methyl sites for hydroxylation is 2. The van der Waals surface area contributed by atoms with Crippen LogP contribution in [0.4, 0.5) is 19.2 Å². The van der Waals surface area contributed by atoms with Crippen LogP contribution in [0.1, 0.15) is 138 Å². The summed E-state index contributed by atoms with van der Waals surface area (Å²) < 4.78 is 21.9. The third kappa shape index (κ3) is 29.9. The van der Waals surface area contributed by atoms with Gasteiger partial charge < -0.3 is 58.9 Å². The van der Waals surface area contributed by atoms with Crippen molar-refractivity contribution in [1.82, 2.24) is 44.9 Å². The Hall–Kier alpha value is -6.29. The molecule has 20 nitrogen and oxygen atoms in total. The molecule has 9 heterocycles. The average Bonchev–Trinajstić information content (AvgIpc) is 3.02. The van der Waals surface area contributed by atoms with Crippen LogP contribution in [0.15, 0.2) is 102 Å². The molecule has 476 valence electrons. The van der Waals surface area contributed by atoms with E-state index in [0.29, 0.717) is 68.4 Å². The predicted octanol–water partition coefficient (Wildman–Crippen LogP) is 11.0. The molecule has 9 rings (SSSR count). The van der Waals surface area contributed by atoms with Gasteiger partial charge in [-0.15, -0.1) is 0 Å². The number of carbonyl (C=O) groups excluding carboxylic acids is 5. The molecule has 0 bridgehead atoms. The lowest BCUT2D eigenvalue weighted by molar-refractivity contribution is -0.109. The molecule has 4 aromatic heterocycles. The van der Waals surface area contributed by atoms with Crippen LogP contribution in [0.3, 0.4) is 0 Å². The summed E-state index contributed by atoms with van der Waals surface area (Å²) in [4.78, 5) is 79.9. The van der Waals surface area contributed by atoms with Gasteiger partial charge in [0, 0.05) is 107 Å². The predicted molar refractivity (Wildman–Crippen MR) is 335 cm³/mol. The molecule has 4 aromatic rings. The molecular weight excluding hydrogens is 1160 g/mol. The van der Waals surface area contributed by atoms with E-state index >= 15 is 0 Å². The van der Waals surface area contributed by atoms with E-state index in [1.54, 1.807) is 32.0 Å². The van der Waals surface area contributed by atoms with E-state index in [-0.39, 0.29) is 31.0 Å². The highest BCUT2D eigenvalue weighted by atomic mass is 79.9. The van der Waals surface area contributed by atoms with Crippen LogP contribution in [0.25, 0.3) is 0 Å². The number of likely N-dealkylation sites (tertiary alicyclic amines) is 4. The zero-order chi connectivity index (χ0) is 63.5. The molecule has 1 unspecified atom stereocenters. The van der Waals surface area contributed by atoms with E-state index in [1.807, 2.05) is 156 Å². The van der Waals surface area contributed by atoms with Crippen molar-refractivity contribution in [2.75, 3.05) is 72.1 Å². The Morgan fingerprint density at radius 3 is 1.19 bits per heavy atom. The van der Waals surface area contributed by atoms with Gasteiger partial charge in [-0.3, -0.25) is 15.0 Å². The first kappa shape index (κ1) is 72.2. The Labute approximate surface area is 519 Å². The first-order valence-corrected chi connectivity index (χ1v) is 30.9. The Morgan fingerprint density at radius 1 is 0.523 bits per heavy atom. The highest BCUT2D eigenvalue weighted by Crippen LogP contribution is 2.29. The van der Waals surface area contributed by atoms with Gasteiger partial charge >= 0.3 is 24.4 Å². The van der Waals surface area contributed by atoms with Crippen molar-refractivity contribution in [2.24, 2.45) is 29.6 Å². The Balaban J connectivity index is 0.000000226. The van der Waals surface area contributed by atoms with Crippen LogP contribution < -0.4 is 5.32 Å².